The summed E-state index contributed by atoms with van der Waals surface area (Å²) in [6.45, 7) is 1.16. The summed E-state index contributed by atoms with van der Waals surface area (Å²) in [5.41, 5.74) is 7.57. The van der Waals surface area contributed by atoms with Crippen LogP contribution in [0.2, 0.25) is 0 Å². The number of hydrogen-bond donors (Lipinski definition) is 1. The third kappa shape index (κ3) is 2.79. The Morgan fingerprint density at radius 2 is 2.00 bits per heavy atom. The third-order valence-electron chi connectivity index (χ3n) is 3.74. The van der Waals surface area contributed by atoms with Crippen LogP contribution in [0.15, 0.2) is 24.3 Å². The number of piperidine rings is 1. The summed E-state index contributed by atoms with van der Waals surface area (Å²) in [5, 5.41) is 0. The molecule has 2 unspecified atom stereocenters. The zero-order chi connectivity index (χ0) is 12.3. The molecule has 1 aromatic carbocycles. The smallest absolute Gasteiger partial charge is 0.118 e. The van der Waals surface area contributed by atoms with Gasteiger partial charge in [-0.3, -0.25) is 0 Å². The third-order valence-corrected chi connectivity index (χ3v) is 3.74. The van der Waals surface area contributed by atoms with Crippen LogP contribution >= 0.6 is 0 Å². The van der Waals surface area contributed by atoms with Gasteiger partial charge in [0.25, 0.3) is 0 Å². The van der Waals surface area contributed by atoms with Gasteiger partial charge in [-0.25, -0.2) is 0 Å². The Morgan fingerprint density at radius 3 is 2.59 bits per heavy atom. The maximum Gasteiger partial charge on any atom is 0.118 e. The quantitative estimate of drug-likeness (QED) is 0.871. The van der Waals surface area contributed by atoms with Gasteiger partial charge in [-0.05, 0) is 44.1 Å². The fraction of sp³-hybridized carbons (Fsp3) is 0.571. The highest BCUT2D eigenvalue weighted by Gasteiger charge is 2.25. The van der Waals surface area contributed by atoms with Gasteiger partial charge < -0.3 is 15.4 Å². The zero-order valence-electron chi connectivity index (χ0n) is 10.7. The summed E-state index contributed by atoms with van der Waals surface area (Å²) in [5.74, 6) is 0.887. The summed E-state index contributed by atoms with van der Waals surface area (Å²) in [6, 6.07) is 8.69. The van der Waals surface area contributed by atoms with E-state index in [-0.39, 0.29) is 6.04 Å². The van der Waals surface area contributed by atoms with Gasteiger partial charge in [-0.2, -0.15) is 0 Å². The predicted molar refractivity (Wildman–Crippen MR) is 70.2 cm³/mol. The maximum absolute atomic E-state index is 6.37. The van der Waals surface area contributed by atoms with Crippen molar-refractivity contribution in [2.24, 2.45) is 5.73 Å². The number of nitrogens with zero attached hydrogens (tertiary/aromatic N) is 1. The van der Waals surface area contributed by atoms with Gasteiger partial charge in [0.1, 0.15) is 5.75 Å². The molecule has 0 saturated carbocycles. The zero-order valence-corrected chi connectivity index (χ0v) is 10.7. The van der Waals surface area contributed by atoms with Gasteiger partial charge >= 0.3 is 0 Å². The van der Waals surface area contributed by atoms with Crippen LogP contribution < -0.4 is 10.5 Å². The van der Waals surface area contributed by atoms with Crippen molar-refractivity contribution in [2.75, 3.05) is 20.7 Å². The molecule has 0 aliphatic carbocycles. The van der Waals surface area contributed by atoms with E-state index in [1.807, 2.05) is 12.1 Å². The minimum Gasteiger partial charge on any atom is -0.497 e. The monoisotopic (exact) mass is 234 g/mol. The number of benzene rings is 1. The van der Waals surface area contributed by atoms with Crippen LogP contribution in [0, 0.1) is 0 Å². The molecule has 2 atom stereocenters. The second kappa shape index (κ2) is 5.52. The van der Waals surface area contributed by atoms with E-state index < -0.39 is 0 Å². The molecule has 3 nitrogen and oxygen atoms in total. The Hall–Kier alpha value is -1.06. The second-order valence-corrected chi connectivity index (χ2v) is 4.84. The lowest BCUT2D eigenvalue weighted by Gasteiger charge is -2.36. The van der Waals surface area contributed by atoms with Crippen LogP contribution in [0.5, 0.6) is 5.75 Å². The fourth-order valence-electron chi connectivity index (χ4n) is 2.60. The number of ether oxygens (including phenoxy) is 1. The molecule has 1 aliphatic rings. The van der Waals surface area contributed by atoms with Gasteiger partial charge in [0.15, 0.2) is 0 Å². The van der Waals surface area contributed by atoms with Crippen LogP contribution in [0.4, 0.5) is 0 Å². The minimum absolute atomic E-state index is 0.103. The van der Waals surface area contributed by atoms with Crippen LogP contribution in [-0.4, -0.2) is 31.6 Å². The van der Waals surface area contributed by atoms with Crippen molar-refractivity contribution in [3.8, 4) is 5.75 Å². The van der Waals surface area contributed by atoms with E-state index in [0.717, 1.165) is 12.3 Å². The minimum atomic E-state index is 0.103. The van der Waals surface area contributed by atoms with E-state index >= 15 is 0 Å². The molecule has 2 N–H and O–H groups in total. The van der Waals surface area contributed by atoms with Crippen molar-refractivity contribution in [3.05, 3.63) is 29.8 Å². The molecule has 0 radical (unpaired) electrons. The Morgan fingerprint density at radius 1 is 1.29 bits per heavy atom. The summed E-state index contributed by atoms with van der Waals surface area (Å²) in [6.07, 6.45) is 3.78. The standard InChI is InChI=1S/C14H22N2O/c1-16-10-4-3-5-13(16)14(15)11-6-8-12(17-2)9-7-11/h6-9,13-14H,3-5,10,15H2,1-2H3. The van der Waals surface area contributed by atoms with Crippen molar-refractivity contribution in [1.29, 1.82) is 0 Å². The molecular weight excluding hydrogens is 212 g/mol. The van der Waals surface area contributed by atoms with Crippen molar-refractivity contribution >= 4 is 0 Å². The number of methoxy groups -OCH3 is 1. The average Bonchev–Trinajstić information content (AvgIpc) is 2.39. The largest absolute Gasteiger partial charge is 0.497 e. The van der Waals surface area contributed by atoms with Gasteiger partial charge in [0, 0.05) is 12.1 Å². The lowest BCUT2D eigenvalue weighted by molar-refractivity contribution is 0.160. The molecule has 0 bridgehead atoms. The Bertz CT molecular complexity index is 350. The highest BCUT2D eigenvalue weighted by Crippen LogP contribution is 2.26. The highest BCUT2D eigenvalue weighted by atomic mass is 16.5. The maximum atomic E-state index is 6.37. The summed E-state index contributed by atoms with van der Waals surface area (Å²) >= 11 is 0. The molecule has 1 heterocycles. The molecule has 0 spiro atoms. The molecular formula is C14H22N2O. The van der Waals surface area contributed by atoms with E-state index in [1.54, 1.807) is 7.11 Å². The number of likely N-dealkylation sites (tertiary alicyclic amines) is 1. The first-order valence-corrected chi connectivity index (χ1v) is 6.32. The van der Waals surface area contributed by atoms with E-state index in [4.69, 9.17) is 10.5 Å². The normalized spacial score (nSPS) is 23.4. The van der Waals surface area contributed by atoms with Crippen LogP contribution in [0.3, 0.4) is 0 Å². The molecule has 3 heteroatoms. The van der Waals surface area contributed by atoms with Gasteiger partial charge in [-0.1, -0.05) is 18.6 Å². The molecule has 2 rings (SSSR count). The first-order chi connectivity index (χ1) is 8.22. The second-order valence-electron chi connectivity index (χ2n) is 4.84. The number of likely N-dealkylation sites (N-methyl/N-ethyl adjacent to an activating group) is 1. The van der Waals surface area contributed by atoms with Crippen LogP contribution in [-0.2, 0) is 0 Å². The Kier molecular flexibility index (Phi) is 4.02. The highest BCUT2D eigenvalue weighted by molar-refractivity contribution is 5.29. The summed E-state index contributed by atoms with van der Waals surface area (Å²) < 4.78 is 5.16. The summed E-state index contributed by atoms with van der Waals surface area (Å²) in [4.78, 5) is 2.39. The first kappa shape index (κ1) is 12.4. The first-order valence-electron chi connectivity index (χ1n) is 6.32. The Balaban J connectivity index is 2.09. The topological polar surface area (TPSA) is 38.5 Å². The van der Waals surface area contributed by atoms with Gasteiger partial charge in [0.2, 0.25) is 0 Å². The van der Waals surface area contributed by atoms with Gasteiger partial charge in [-0.15, -0.1) is 0 Å². The lowest BCUT2D eigenvalue weighted by Crippen LogP contribution is -2.43. The molecule has 17 heavy (non-hydrogen) atoms. The molecule has 1 aliphatic heterocycles. The van der Waals surface area contributed by atoms with Crippen molar-refractivity contribution in [3.63, 3.8) is 0 Å². The molecule has 0 aromatic heterocycles. The SMILES string of the molecule is COc1ccc(C(N)C2CCCCN2C)cc1. The molecule has 0 amide bonds. The van der Waals surface area contributed by atoms with E-state index in [0.29, 0.717) is 6.04 Å². The lowest BCUT2D eigenvalue weighted by atomic mass is 9.92. The fourth-order valence-corrected chi connectivity index (χ4v) is 2.60. The predicted octanol–water partition coefficient (Wildman–Crippen LogP) is 2.18. The van der Waals surface area contributed by atoms with E-state index in [9.17, 15) is 0 Å². The van der Waals surface area contributed by atoms with Crippen molar-refractivity contribution in [2.45, 2.75) is 31.3 Å². The molecule has 1 aromatic rings. The van der Waals surface area contributed by atoms with E-state index in [2.05, 4.69) is 24.1 Å². The number of rotatable bonds is 3. The van der Waals surface area contributed by atoms with Crippen LogP contribution in [0.25, 0.3) is 0 Å². The Labute approximate surface area is 104 Å². The molecule has 94 valence electrons. The number of hydrogen-bond acceptors (Lipinski definition) is 3. The summed E-state index contributed by atoms with van der Waals surface area (Å²) in [7, 11) is 3.86. The number of nitrogens with two attached hydrogens (primary N) is 1. The van der Waals surface area contributed by atoms with Crippen molar-refractivity contribution in [1.82, 2.24) is 4.90 Å². The molecule has 1 saturated heterocycles. The van der Waals surface area contributed by atoms with Crippen LogP contribution in [0.1, 0.15) is 30.9 Å². The molecule has 1 fully saturated rings. The average molecular weight is 234 g/mol. The van der Waals surface area contributed by atoms with E-state index in [1.165, 1.54) is 24.8 Å². The van der Waals surface area contributed by atoms with Gasteiger partial charge in [0.05, 0.1) is 7.11 Å². The van der Waals surface area contributed by atoms with Crippen molar-refractivity contribution < 1.29 is 4.74 Å².